The molecule has 0 unspecified atom stereocenters. The van der Waals surface area contributed by atoms with Gasteiger partial charge >= 0.3 is 23.9 Å². The number of H-pyrrole nitrogens is 2. The van der Waals surface area contributed by atoms with Crippen LogP contribution in [-0.2, 0) is 42.8 Å². The summed E-state index contributed by atoms with van der Waals surface area (Å²) in [6, 6.07) is 5.93. The van der Waals surface area contributed by atoms with Crippen molar-refractivity contribution < 1.29 is 49.2 Å². The first-order valence-corrected chi connectivity index (χ1v) is 15.2. The van der Waals surface area contributed by atoms with E-state index in [4.69, 9.17) is 0 Å². The van der Waals surface area contributed by atoms with E-state index in [9.17, 15) is 49.2 Å². The number of ketones is 2. The molecule has 8 bridgehead atoms. The molecule has 2 aliphatic rings. The molecule has 3 aromatic rings. The van der Waals surface area contributed by atoms with E-state index in [2.05, 4.69) is 19.9 Å². The minimum absolute atomic E-state index is 0.0318. The van der Waals surface area contributed by atoms with Crippen LogP contribution in [-0.4, -0.2) is 75.8 Å². The number of aryl methyl sites for hydroxylation is 4. The van der Waals surface area contributed by atoms with Gasteiger partial charge in [0.25, 0.3) is 0 Å². The van der Waals surface area contributed by atoms with Crippen molar-refractivity contribution in [1.82, 2.24) is 19.9 Å². The molecule has 0 saturated heterocycles. The number of aromatic nitrogens is 4. The molecule has 14 nitrogen and oxygen atoms in total. The van der Waals surface area contributed by atoms with E-state index >= 15 is 0 Å². The quantitative estimate of drug-likeness (QED) is 0.180. The molecular weight excluding hydrogens is 624 g/mol. The Hall–Kier alpha value is -5.66. The third-order valence-electron chi connectivity index (χ3n) is 9.29. The van der Waals surface area contributed by atoms with E-state index in [0.29, 0.717) is 44.3 Å². The number of carboxylic acid groups (broad SMARTS) is 4. The lowest BCUT2D eigenvalue weighted by Gasteiger charge is -2.20. The molecule has 0 fully saturated rings. The van der Waals surface area contributed by atoms with Crippen molar-refractivity contribution in [3.63, 3.8) is 0 Å². The molecule has 250 valence electrons. The highest BCUT2D eigenvalue weighted by molar-refractivity contribution is 6.09. The molecule has 5 heterocycles. The van der Waals surface area contributed by atoms with Crippen LogP contribution in [0.5, 0.6) is 0 Å². The molecule has 0 saturated carbocycles. The maximum Gasteiger partial charge on any atom is 0.304 e. The number of rotatable bonds is 10. The van der Waals surface area contributed by atoms with Crippen LogP contribution >= 0.6 is 0 Å². The summed E-state index contributed by atoms with van der Waals surface area (Å²) >= 11 is 0. The van der Waals surface area contributed by atoms with Gasteiger partial charge in [0.1, 0.15) is 11.4 Å². The summed E-state index contributed by atoms with van der Waals surface area (Å²) in [6.45, 7) is 6.34. The Kier molecular flexibility index (Phi) is 8.55. The van der Waals surface area contributed by atoms with E-state index in [0.717, 1.165) is 0 Å². The first kappa shape index (κ1) is 33.7. The molecule has 0 radical (unpaired) electrons. The van der Waals surface area contributed by atoms with Gasteiger partial charge < -0.3 is 30.4 Å². The first-order valence-electron chi connectivity index (χ1n) is 15.2. The molecule has 0 aromatic carbocycles. The smallest absolute Gasteiger partial charge is 0.304 e. The van der Waals surface area contributed by atoms with Gasteiger partial charge in [-0.25, -0.2) is 9.97 Å². The van der Waals surface area contributed by atoms with E-state index in [1.54, 1.807) is 19.9 Å². The van der Waals surface area contributed by atoms with Gasteiger partial charge in [-0.1, -0.05) is 0 Å². The number of aliphatic carboxylic acids is 4. The van der Waals surface area contributed by atoms with Gasteiger partial charge in [0.2, 0.25) is 0 Å². The van der Waals surface area contributed by atoms with Gasteiger partial charge in [0.15, 0.2) is 11.6 Å². The number of nitrogens with one attached hydrogen (secondary N) is 2. The average Bonchev–Trinajstić information content (AvgIpc) is 3.58. The lowest BCUT2D eigenvalue weighted by atomic mass is 9.78. The van der Waals surface area contributed by atoms with Gasteiger partial charge in [0.05, 0.1) is 35.1 Å². The van der Waals surface area contributed by atoms with Gasteiger partial charge in [-0.2, -0.15) is 0 Å². The third kappa shape index (κ3) is 5.96. The van der Waals surface area contributed by atoms with Crippen LogP contribution in [0.1, 0.15) is 94.1 Å². The summed E-state index contributed by atoms with van der Waals surface area (Å²) in [4.78, 5) is 90.3. The number of carboxylic acids is 4. The molecule has 14 heteroatoms. The lowest BCUT2D eigenvalue weighted by Crippen LogP contribution is -2.32. The fraction of sp³-hybridized carbons (Fsp3) is 0.353. The van der Waals surface area contributed by atoms with Crippen LogP contribution in [0.4, 0.5) is 0 Å². The van der Waals surface area contributed by atoms with Crippen molar-refractivity contribution >= 4 is 57.5 Å². The summed E-state index contributed by atoms with van der Waals surface area (Å²) in [5, 5.41) is 38.4. The van der Waals surface area contributed by atoms with Crippen LogP contribution in [0.3, 0.4) is 0 Å². The van der Waals surface area contributed by atoms with Crippen molar-refractivity contribution in [1.29, 1.82) is 0 Å². The van der Waals surface area contributed by atoms with Crippen LogP contribution in [0.2, 0.25) is 0 Å². The maximum atomic E-state index is 13.9. The number of Topliss-reactive ketones (excluding diaryl/α,β-unsaturated/α-hetero) is 2. The molecule has 2 aliphatic heterocycles. The summed E-state index contributed by atoms with van der Waals surface area (Å²) in [6.07, 6.45) is -1.44. The molecule has 6 N–H and O–H groups in total. The first-order chi connectivity index (χ1) is 22.4. The van der Waals surface area contributed by atoms with Crippen molar-refractivity contribution in [2.45, 2.75) is 77.0 Å². The normalized spacial score (nSPS) is 19.0. The number of carbonyl (C=O) groups is 6. The molecule has 0 aliphatic carbocycles. The summed E-state index contributed by atoms with van der Waals surface area (Å²) in [5.41, 5.74) is 0.805. The number of carbonyl (C=O) groups excluding carboxylic acids is 2. The molecule has 0 amide bonds. The van der Waals surface area contributed by atoms with Gasteiger partial charge in [-0.15, -0.1) is 0 Å². The number of hydrogen-bond donors (Lipinski definition) is 6. The Morgan fingerprint density at radius 3 is 1.42 bits per heavy atom. The number of aromatic amines is 2. The highest BCUT2D eigenvalue weighted by atomic mass is 16.4. The van der Waals surface area contributed by atoms with Gasteiger partial charge in [0, 0.05) is 34.9 Å². The van der Waals surface area contributed by atoms with E-state index in [-0.39, 0.29) is 48.5 Å². The Bertz CT molecular complexity index is 2110. The fourth-order valence-corrected chi connectivity index (χ4v) is 6.48. The molecule has 0 spiro atoms. The van der Waals surface area contributed by atoms with E-state index in [1.165, 1.54) is 32.0 Å². The minimum Gasteiger partial charge on any atom is -0.481 e. The zero-order chi connectivity index (χ0) is 35.3. The molecule has 2 atom stereocenters. The van der Waals surface area contributed by atoms with Crippen molar-refractivity contribution in [2.75, 3.05) is 0 Å². The highest BCUT2D eigenvalue weighted by Crippen LogP contribution is 2.39. The number of hydrogen-bond acceptors (Lipinski definition) is 8. The van der Waals surface area contributed by atoms with Crippen molar-refractivity contribution in [3.8, 4) is 0 Å². The molecular formula is C34H34N4O10. The SMILES string of the molecule is Cc1c(CCC(=O)O)c2cc3[nH]c(cc4nc(cc5nc(cc1[nH]2)C(=O)[C@]5(C)CC(=O)O)C(=O)[C@]4(C)CC(=O)O)c(C)c3CCC(=O)O. The minimum atomic E-state index is -1.69. The predicted octanol–water partition coefficient (Wildman–Crippen LogP) is 4.20. The van der Waals surface area contributed by atoms with E-state index in [1.807, 2.05) is 0 Å². The zero-order valence-electron chi connectivity index (χ0n) is 26.7. The largest absolute Gasteiger partial charge is 0.481 e. The zero-order valence-corrected chi connectivity index (χ0v) is 26.7. The average molecular weight is 659 g/mol. The van der Waals surface area contributed by atoms with Gasteiger partial charge in [-0.05, 0) is 87.1 Å². The van der Waals surface area contributed by atoms with Crippen molar-refractivity contribution in [2.24, 2.45) is 0 Å². The Morgan fingerprint density at radius 1 is 0.604 bits per heavy atom. The monoisotopic (exact) mass is 658 g/mol. The topological polar surface area (TPSA) is 241 Å². The summed E-state index contributed by atoms with van der Waals surface area (Å²) in [5.74, 6) is -5.87. The molecule has 3 aromatic heterocycles. The standard InChI is InChI=1S/C34H34N4O10/c1-15-17(5-7-27(39)40)21-10-22-18(6-8-28(41)42)16(2)20(36-22)11-25-33(3,13-29(43)44)32(48)24(38-25)12-26-34(4,14-30(45)46)31(47)23(37-26)9-19(15)35-21/h9-12,35-36H,5-8,13-14H2,1-4H3,(H,39,40)(H,41,42)(H,43,44)(H,45,46)/t33-,34-/m1/s1. The fourth-order valence-electron chi connectivity index (χ4n) is 6.48. The second kappa shape index (κ2) is 12.2. The predicted molar refractivity (Wildman–Crippen MR) is 170 cm³/mol. The number of nitrogens with zero attached hydrogens (tertiary/aromatic N) is 2. The number of fused-ring (bicyclic) bond motifs is 8. The highest BCUT2D eigenvalue weighted by Gasteiger charge is 2.47. The van der Waals surface area contributed by atoms with E-state index < -0.39 is 59.1 Å². The summed E-state index contributed by atoms with van der Waals surface area (Å²) in [7, 11) is 0. The Balaban J connectivity index is 1.97. The van der Waals surface area contributed by atoms with Gasteiger partial charge in [-0.3, -0.25) is 28.8 Å². The van der Waals surface area contributed by atoms with Crippen LogP contribution in [0.15, 0.2) is 24.3 Å². The lowest BCUT2D eigenvalue weighted by molar-refractivity contribution is -0.139. The second-order valence-corrected chi connectivity index (χ2v) is 12.7. The van der Waals surface area contributed by atoms with Crippen LogP contribution < -0.4 is 0 Å². The Labute approximate surface area is 272 Å². The Morgan fingerprint density at radius 2 is 1.00 bits per heavy atom. The third-order valence-corrected chi connectivity index (χ3v) is 9.29. The molecule has 48 heavy (non-hydrogen) atoms. The van der Waals surface area contributed by atoms with Crippen LogP contribution in [0.25, 0.3) is 22.1 Å². The van der Waals surface area contributed by atoms with Crippen LogP contribution in [0, 0.1) is 13.8 Å². The maximum absolute atomic E-state index is 13.9. The molecule has 5 rings (SSSR count). The second-order valence-electron chi connectivity index (χ2n) is 12.7. The van der Waals surface area contributed by atoms with Crippen molar-refractivity contribution in [3.05, 3.63) is 69.3 Å². The summed E-state index contributed by atoms with van der Waals surface area (Å²) < 4.78 is 0.